The highest BCUT2D eigenvalue weighted by molar-refractivity contribution is 5.70. The molecule has 0 unspecified atom stereocenters. The summed E-state index contributed by atoms with van der Waals surface area (Å²) in [6.07, 6.45) is 0. The van der Waals surface area contributed by atoms with Gasteiger partial charge < -0.3 is 9.84 Å². The summed E-state index contributed by atoms with van der Waals surface area (Å²) >= 11 is 0. The minimum absolute atomic E-state index is 0.294. The number of phenols is 1. The first-order chi connectivity index (χ1) is 7.31. The van der Waals surface area contributed by atoms with Crippen LogP contribution in [0.3, 0.4) is 0 Å². The van der Waals surface area contributed by atoms with Crippen LogP contribution in [-0.4, -0.2) is 12.2 Å². The summed E-state index contributed by atoms with van der Waals surface area (Å²) in [5.74, 6) is 1.11. The second-order valence-electron chi connectivity index (χ2n) is 3.25. The number of hydrogen-bond acceptors (Lipinski definition) is 2. The zero-order valence-corrected chi connectivity index (χ0v) is 8.47. The van der Waals surface area contributed by atoms with E-state index in [-0.39, 0.29) is 0 Å². The molecular formula is C13H12O2. The van der Waals surface area contributed by atoms with Crippen LogP contribution in [0, 0.1) is 0 Å². The minimum Gasteiger partial charge on any atom is -0.507 e. The van der Waals surface area contributed by atoms with Gasteiger partial charge in [-0.15, -0.1) is 0 Å². The molecule has 2 rings (SSSR count). The molecule has 2 nitrogen and oxygen atoms in total. The summed E-state index contributed by atoms with van der Waals surface area (Å²) in [5.41, 5.74) is 1.81. The molecule has 0 fully saturated rings. The summed E-state index contributed by atoms with van der Waals surface area (Å²) in [4.78, 5) is 0. The van der Waals surface area contributed by atoms with Crippen molar-refractivity contribution in [3.63, 3.8) is 0 Å². The average Bonchev–Trinajstić information content (AvgIpc) is 2.30. The van der Waals surface area contributed by atoms with E-state index in [1.54, 1.807) is 13.2 Å². The minimum atomic E-state index is 0.294. The van der Waals surface area contributed by atoms with Crippen LogP contribution >= 0.6 is 0 Å². The Labute approximate surface area is 88.8 Å². The summed E-state index contributed by atoms with van der Waals surface area (Å²) in [6.45, 7) is 0. The van der Waals surface area contributed by atoms with Gasteiger partial charge in [0.2, 0.25) is 0 Å². The van der Waals surface area contributed by atoms with Crippen molar-refractivity contribution in [3.8, 4) is 22.6 Å². The predicted molar refractivity (Wildman–Crippen MR) is 60.1 cm³/mol. The molecule has 15 heavy (non-hydrogen) atoms. The number of hydrogen-bond donors (Lipinski definition) is 1. The van der Waals surface area contributed by atoms with E-state index in [1.165, 1.54) is 0 Å². The highest BCUT2D eigenvalue weighted by Gasteiger charge is 2.02. The van der Waals surface area contributed by atoms with Crippen LogP contribution < -0.4 is 4.74 Å². The van der Waals surface area contributed by atoms with E-state index in [9.17, 15) is 5.11 Å². The van der Waals surface area contributed by atoms with E-state index in [1.807, 2.05) is 42.5 Å². The number of phenolic OH excluding ortho intramolecular Hbond substituents is 1. The lowest BCUT2D eigenvalue weighted by Crippen LogP contribution is -1.82. The topological polar surface area (TPSA) is 29.5 Å². The van der Waals surface area contributed by atoms with Crippen LogP contribution in [0.2, 0.25) is 0 Å². The maximum atomic E-state index is 9.66. The Kier molecular flexibility index (Phi) is 2.59. The van der Waals surface area contributed by atoms with Crippen molar-refractivity contribution >= 4 is 0 Å². The normalized spacial score (nSPS) is 9.93. The zero-order chi connectivity index (χ0) is 10.7. The monoisotopic (exact) mass is 200 g/mol. The van der Waals surface area contributed by atoms with Gasteiger partial charge in [0.25, 0.3) is 0 Å². The van der Waals surface area contributed by atoms with Crippen LogP contribution in [0.15, 0.2) is 48.5 Å². The molecule has 0 aliphatic rings. The second kappa shape index (κ2) is 4.05. The van der Waals surface area contributed by atoms with Gasteiger partial charge in [0.1, 0.15) is 11.5 Å². The van der Waals surface area contributed by atoms with Gasteiger partial charge in [-0.3, -0.25) is 0 Å². The van der Waals surface area contributed by atoms with Gasteiger partial charge in [-0.05, 0) is 23.8 Å². The second-order valence-corrected chi connectivity index (χ2v) is 3.25. The molecule has 0 spiro atoms. The van der Waals surface area contributed by atoms with Gasteiger partial charge in [-0.2, -0.15) is 0 Å². The van der Waals surface area contributed by atoms with Crippen molar-refractivity contribution in [1.29, 1.82) is 0 Å². The standard InChI is InChI=1S/C13H12O2/c1-15-11-8-6-10(7-9-11)12-4-2-3-5-13(12)14/h2-9,14H,1H3. The fourth-order valence-corrected chi connectivity index (χ4v) is 1.49. The lowest BCUT2D eigenvalue weighted by Gasteiger charge is -2.05. The molecule has 0 heterocycles. The molecule has 76 valence electrons. The SMILES string of the molecule is COc1ccc(-c2ccccc2O)cc1. The first kappa shape index (κ1) is 9.59. The molecule has 2 aromatic carbocycles. The molecule has 0 aromatic heterocycles. The van der Waals surface area contributed by atoms with E-state index < -0.39 is 0 Å². The van der Waals surface area contributed by atoms with Gasteiger partial charge in [-0.25, -0.2) is 0 Å². The van der Waals surface area contributed by atoms with Gasteiger partial charge in [0.05, 0.1) is 7.11 Å². The molecule has 0 aliphatic carbocycles. The Morgan fingerprint density at radius 2 is 1.60 bits per heavy atom. The van der Waals surface area contributed by atoms with Gasteiger partial charge >= 0.3 is 0 Å². The maximum absolute atomic E-state index is 9.66. The third-order valence-corrected chi connectivity index (χ3v) is 2.31. The van der Waals surface area contributed by atoms with E-state index in [0.29, 0.717) is 5.75 Å². The third kappa shape index (κ3) is 1.94. The van der Waals surface area contributed by atoms with Crippen molar-refractivity contribution in [2.75, 3.05) is 7.11 Å². The van der Waals surface area contributed by atoms with Crippen molar-refractivity contribution in [2.24, 2.45) is 0 Å². The quantitative estimate of drug-likeness (QED) is 0.807. The van der Waals surface area contributed by atoms with E-state index in [4.69, 9.17) is 4.74 Å². The number of methoxy groups -OCH3 is 1. The van der Waals surface area contributed by atoms with Crippen molar-refractivity contribution in [3.05, 3.63) is 48.5 Å². The van der Waals surface area contributed by atoms with E-state index in [0.717, 1.165) is 16.9 Å². The van der Waals surface area contributed by atoms with E-state index in [2.05, 4.69) is 0 Å². The molecular weight excluding hydrogens is 188 g/mol. The first-order valence-corrected chi connectivity index (χ1v) is 4.73. The van der Waals surface area contributed by atoms with Gasteiger partial charge in [0.15, 0.2) is 0 Å². The zero-order valence-electron chi connectivity index (χ0n) is 8.47. The van der Waals surface area contributed by atoms with Crippen LogP contribution in [0.5, 0.6) is 11.5 Å². The first-order valence-electron chi connectivity index (χ1n) is 4.73. The Balaban J connectivity index is 2.42. The molecule has 0 bridgehead atoms. The van der Waals surface area contributed by atoms with Crippen molar-refractivity contribution in [2.45, 2.75) is 0 Å². The lowest BCUT2D eigenvalue weighted by molar-refractivity contribution is 0.415. The molecule has 0 aliphatic heterocycles. The van der Waals surface area contributed by atoms with Gasteiger partial charge in [-0.1, -0.05) is 30.3 Å². The number of rotatable bonds is 2. The van der Waals surface area contributed by atoms with Crippen molar-refractivity contribution in [1.82, 2.24) is 0 Å². The van der Waals surface area contributed by atoms with E-state index >= 15 is 0 Å². The largest absolute Gasteiger partial charge is 0.507 e. The Hall–Kier alpha value is -1.96. The van der Waals surface area contributed by atoms with Crippen LogP contribution in [0.1, 0.15) is 0 Å². The summed E-state index contributed by atoms with van der Waals surface area (Å²) in [6, 6.07) is 14.9. The highest BCUT2D eigenvalue weighted by Crippen LogP contribution is 2.29. The maximum Gasteiger partial charge on any atom is 0.123 e. The Morgan fingerprint density at radius 3 is 2.20 bits per heavy atom. The predicted octanol–water partition coefficient (Wildman–Crippen LogP) is 3.07. The number of para-hydroxylation sites is 1. The molecule has 0 amide bonds. The highest BCUT2D eigenvalue weighted by atomic mass is 16.5. The molecule has 1 N–H and O–H groups in total. The summed E-state index contributed by atoms with van der Waals surface area (Å²) in [5, 5.41) is 9.66. The summed E-state index contributed by atoms with van der Waals surface area (Å²) < 4.78 is 5.07. The Bertz CT molecular complexity index is 446. The fourth-order valence-electron chi connectivity index (χ4n) is 1.49. The Morgan fingerprint density at radius 1 is 0.933 bits per heavy atom. The van der Waals surface area contributed by atoms with Crippen LogP contribution in [0.4, 0.5) is 0 Å². The lowest BCUT2D eigenvalue weighted by atomic mass is 10.0. The molecule has 2 heteroatoms. The third-order valence-electron chi connectivity index (χ3n) is 2.31. The fraction of sp³-hybridized carbons (Fsp3) is 0.0769. The van der Waals surface area contributed by atoms with Crippen molar-refractivity contribution < 1.29 is 9.84 Å². The molecule has 2 aromatic rings. The molecule has 0 saturated carbocycles. The van der Waals surface area contributed by atoms with Crippen LogP contribution in [0.25, 0.3) is 11.1 Å². The van der Waals surface area contributed by atoms with Gasteiger partial charge in [0, 0.05) is 5.56 Å². The average molecular weight is 200 g/mol. The van der Waals surface area contributed by atoms with Crippen LogP contribution in [-0.2, 0) is 0 Å². The molecule has 0 saturated heterocycles. The smallest absolute Gasteiger partial charge is 0.123 e. The number of benzene rings is 2. The number of ether oxygens (including phenoxy) is 1. The molecule has 0 atom stereocenters. The summed E-state index contributed by atoms with van der Waals surface area (Å²) in [7, 11) is 1.63. The number of aromatic hydroxyl groups is 1. The molecule has 0 radical (unpaired) electrons.